The van der Waals surface area contributed by atoms with E-state index in [-0.39, 0.29) is 0 Å². The fraction of sp³-hybridized carbons (Fsp3) is 0.167. The van der Waals surface area contributed by atoms with E-state index in [0.29, 0.717) is 35.8 Å². The van der Waals surface area contributed by atoms with Crippen molar-refractivity contribution in [2.24, 2.45) is 0 Å². The number of hydrazine groups is 1. The van der Waals surface area contributed by atoms with Gasteiger partial charge in [0.05, 0.1) is 12.2 Å². The predicted molar refractivity (Wildman–Crippen MR) is 122 cm³/mol. The van der Waals surface area contributed by atoms with Crippen LogP contribution >= 0.6 is 15.9 Å². The minimum Gasteiger partial charge on any atom is -0.493 e. The Balaban J connectivity index is 1.55. The van der Waals surface area contributed by atoms with Crippen LogP contribution in [0.3, 0.4) is 0 Å². The minimum atomic E-state index is -0.469. The van der Waals surface area contributed by atoms with Gasteiger partial charge in [-0.25, -0.2) is 0 Å². The number of benzene rings is 3. The molecule has 0 aliphatic heterocycles. The van der Waals surface area contributed by atoms with Crippen LogP contribution in [0.25, 0.3) is 0 Å². The Bertz CT molecular complexity index is 1020. The molecule has 0 unspecified atom stereocenters. The molecule has 3 aromatic rings. The van der Waals surface area contributed by atoms with Crippen molar-refractivity contribution in [2.75, 3.05) is 6.61 Å². The predicted octanol–water partition coefficient (Wildman–Crippen LogP) is 4.89. The fourth-order valence-corrected chi connectivity index (χ4v) is 3.08. The molecular weight excluding hydrogens is 460 g/mol. The second kappa shape index (κ2) is 11.2. The van der Waals surface area contributed by atoms with Crippen LogP contribution in [-0.4, -0.2) is 18.4 Å². The highest BCUT2D eigenvalue weighted by atomic mass is 79.9. The van der Waals surface area contributed by atoms with Crippen LogP contribution in [0.5, 0.6) is 11.5 Å². The van der Waals surface area contributed by atoms with Crippen molar-refractivity contribution >= 4 is 27.7 Å². The van der Waals surface area contributed by atoms with Gasteiger partial charge in [-0.05, 0) is 54.4 Å². The largest absolute Gasteiger partial charge is 0.493 e. The van der Waals surface area contributed by atoms with Crippen LogP contribution in [0, 0.1) is 0 Å². The Morgan fingerprint density at radius 3 is 2.29 bits per heavy atom. The van der Waals surface area contributed by atoms with Crippen molar-refractivity contribution in [1.29, 1.82) is 0 Å². The Kier molecular flexibility index (Phi) is 8.06. The van der Waals surface area contributed by atoms with E-state index in [2.05, 4.69) is 26.8 Å². The molecule has 0 radical (unpaired) electrons. The van der Waals surface area contributed by atoms with Gasteiger partial charge < -0.3 is 9.47 Å². The third kappa shape index (κ3) is 6.58. The third-order valence-electron chi connectivity index (χ3n) is 4.30. The lowest BCUT2D eigenvalue weighted by molar-refractivity contribution is 0.0844. The van der Waals surface area contributed by atoms with Gasteiger partial charge in [0.15, 0.2) is 0 Å². The summed E-state index contributed by atoms with van der Waals surface area (Å²) in [6.45, 7) is 2.92. The molecule has 3 aromatic carbocycles. The molecule has 6 nitrogen and oxygen atoms in total. The summed E-state index contributed by atoms with van der Waals surface area (Å²) >= 11 is 3.35. The maximum absolute atomic E-state index is 12.5. The molecule has 0 spiro atoms. The molecule has 31 heavy (non-hydrogen) atoms. The topological polar surface area (TPSA) is 76.7 Å². The van der Waals surface area contributed by atoms with Crippen LogP contribution in [0.1, 0.15) is 39.6 Å². The summed E-state index contributed by atoms with van der Waals surface area (Å²) in [5, 5.41) is 0. The summed E-state index contributed by atoms with van der Waals surface area (Å²) in [5.74, 6) is 0.200. The van der Waals surface area contributed by atoms with Crippen molar-refractivity contribution in [3.8, 4) is 11.5 Å². The first-order valence-corrected chi connectivity index (χ1v) is 10.7. The Morgan fingerprint density at radius 2 is 1.58 bits per heavy atom. The van der Waals surface area contributed by atoms with Gasteiger partial charge in [-0.1, -0.05) is 53.2 Å². The average Bonchev–Trinajstić information content (AvgIpc) is 2.81. The van der Waals surface area contributed by atoms with Crippen LogP contribution in [-0.2, 0) is 6.61 Å². The molecule has 0 bridgehead atoms. The zero-order valence-corrected chi connectivity index (χ0v) is 18.6. The maximum Gasteiger partial charge on any atom is 0.273 e. The first-order chi connectivity index (χ1) is 15.1. The van der Waals surface area contributed by atoms with Gasteiger partial charge in [0.2, 0.25) is 0 Å². The highest BCUT2D eigenvalue weighted by Crippen LogP contribution is 2.23. The van der Waals surface area contributed by atoms with E-state index >= 15 is 0 Å². The van der Waals surface area contributed by atoms with E-state index in [1.807, 2.05) is 37.3 Å². The van der Waals surface area contributed by atoms with Gasteiger partial charge in [0.1, 0.15) is 18.1 Å². The SMILES string of the molecule is CCCOc1ccc(Br)cc1C(=O)NNC(=O)c1ccc(OCc2ccccc2)cc1. The number of nitrogens with one attached hydrogen (secondary N) is 2. The minimum absolute atomic E-state index is 0.327. The van der Waals surface area contributed by atoms with E-state index in [0.717, 1.165) is 16.5 Å². The first kappa shape index (κ1) is 22.4. The maximum atomic E-state index is 12.5. The summed E-state index contributed by atoms with van der Waals surface area (Å²) in [6.07, 6.45) is 0.818. The molecule has 0 atom stereocenters. The molecule has 7 heteroatoms. The summed E-state index contributed by atoms with van der Waals surface area (Å²) in [7, 11) is 0. The molecule has 0 aliphatic rings. The van der Waals surface area contributed by atoms with Gasteiger partial charge in [-0.15, -0.1) is 0 Å². The Hall–Kier alpha value is -3.32. The van der Waals surface area contributed by atoms with Gasteiger partial charge in [0.25, 0.3) is 11.8 Å². The van der Waals surface area contributed by atoms with Gasteiger partial charge in [0, 0.05) is 10.0 Å². The molecular formula is C24H23BrN2O4. The number of carbonyl (C=O) groups is 2. The van der Waals surface area contributed by atoms with E-state index in [1.165, 1.54) is 0 Å². The molecule has 3 rings (SSSR count). The molecule has 2 amide bonds. The van der Waals surface area contributed by atoms with E-state index in [4.69, 9.17) is 9.47 Å². The number of halogens is 1. The molecule has 0 aromatic heterocycles. The Morgan fingerprint density at radius 1 is 0.871 bits per heavy atom. The second-order valence-electron chi connectivity index (χ2n) is 6.70. The summed E-state index contributed by atoms with van der Waals surface area (Å²) in [6, 6.07) is 21.7. The van der Waals surface area contributed by atoms with E-state index in [9.17, 15) is 9.59 Å². The van der Waals surface area contributed by atoms with Crippen molar-refractivity contribution < 1.29 is 19.1 Å². The van der Waals surface area contributed by atoms with Crippen LogP contribution < -0.4 is 20.3 Å². The quantitative estimate of drug-likeness (QED) is 0.448. The lowest BCUT2D eigenvalue weighted by Crippen LogP contribution is -2.41. The second-order valence-corrected chi connectivity index (χ2v) is 7.61. The standard InChI is InChI=1S/C24H23BrN2O4/c1-2-14-30-22-13-10-19(25)15-21(22)24(29)27-26-23(28)18-8-11-20(12-9-18)31-16-17-6-4-3-5-7-17/h3-13,15H,2,14,16H2,1H3,(H,26,28)(H,27,29). The number of carbonyl (C=O) groups excluding carboxylic acids is 2. The highest BCUT2D eigenvalue weighted by Gasteiger charge is 2.15. The summed E-state index contributed by atoms with van der Waals surface area (Å²) < 4.78 is 12.1. The normalized spacial score (nSPS) is 10.3. The lowest BCUT2D eigenvalue weighted by Gasteiger charge is -2.12. The number of amides is 2. The number of ether oxygens (including phenoxy) is 2. The molecule has 0 fully saturated rings. The average molecular weight is 483 g/mol. The third-order valence-corrected chi connectivity index (χ3v) is 4.80. The van der Waals surface area contributed by atoms with Crippen molar-refractivity contribution in [2.45, 2.75) is 20.0 Å². The van der Waals surface area contributed by atoms with Crippen molar-refractivity contribution in [3.05, 3.63) is 94.0 Å². The zero-order chi connectivity index (χ0) is 22.1. The van der Waals surface area contributed by atoms with Crippen molar-refractivity contribution in [1.82, 2.24) is 10.9 Å². The monoisotopic (exact) mass is 482 g/mol. The molecule has 0 saturated heterocycles. The smallest absolute Gasteiger partial charge is 0.273 e. The molecule has 2 N–H and O–H groups in total. The summed E-state index contributed by atoms with van der Waals surface area (Å²) in [5.41, 5.74) is 6.64. The molecule has 0 saturated carbocycles. The van der Waals surface area contributed by atoms with Crippen molar-refractivity contribution in [3.63, 3.8) is 0 Å². The number of hydrogen-bond acceptors (Lipinski definition) is 4. The molecule has 0 heterocycles. The van der Waals surface area contributed by atoms with E-state index < -0.39 is 11.8 Å². The van der Waals surface area contributed by atoms with Gasteiger partial charge in [-0.2, -0.15) is 0 Å². The molecule has 160 valence electrons. The van der Waals surface area contributed by atoms with Crippen LogP contribution in [0.15, 0.2) is 77.3 Å². The van der Waals surface area contributed by atoms with Crippen LogP contribution in [0.4, 0.5) is 0 Å². The zero-order valence-electron chi connectivity index (χ0n) is 17.1. The lowest BCUT2D eigenvalue weighted by atomic mass is 10.2. The fourth-order valence-electron chi connectivity index (χ4n) is 2.71. The Labute approximate surface area is 189 Å². The van der Waals surface area contributed by atoms with Gasteiger partial charge in [-0.3, -0.25) is 20.4 Å². The highest BCUT2D eigenvalue weighted by molar-refractivity contribution is 9.10. The van der Waals surface area contributed by atoms with Crippen LogP contribution in [0.2, 0.25) is 0 Å². The summed E-state index contributed by atoms with van der Waals surface area (Å²) in [4.78, 5) is 24.9. The van der Waals surface area contributed by atoms with E-state index in [1.54, 1.807) is 42.5 Å². The van der Waals surface area contributed by atoms with Gasteiger partial charge >= 0.3 is 0 Å². The number of hydrogen-bond donors (Lipinski definition) is 2. The number of rotatable bonds is 8. The molecule has 0 aliphatic carbocycles. The first-order valence-electron chi connectivity index (χ1n) is 9.86.